The lowest BCUT2D eigenvalue weighted by atomic mass is 10.3. The zero-order chi connectivity index (χ0) is 8.72. The van der Waals surface area contributed by atoms with Crippen LogP contribution in [0.3, 0.4) is 0 Å². The molecule has 1 aromatic rings. The van der Waals surface area contributed by atoms with Gasteiger partial charge in [-0.2, -0.15) is 0 Å². The molecule has 0 aromatic carbocycles. The summed E-state index contributed by atoms with van der Waals surface area (Å²) >= 11 is 0. The molecule has 0 radical (unpaired) electrons. The molecule has 1 atom stereocenters. The summed E-state index contributed by atoms with van der Waals surface area (Å²) in [7, 11) is 1.87. The first-order valence-electron chi connectivity index (χ1n) is 3.55. The number of anilines is 1. The molecule has 0 aliphatic carbocycles. The van der Waals surface area contributed by atoms with Crippen LogP contribution in [0.25, 0.3) is 0 Å². The molecule has 0 saturated carbocycles. The van der Waals surface area contributed by atoms with Crippen LogP contribution in [0, 0.1) is 0 Å². The summed E-state index contributed by atoms with van der Waals surface area (Å²) in [5.74, 6) is 1.20. The molecule has 6 nitrogen and oxygen atoms in total. The van der Waals surface area contributed by atoms with Gasteiger partial charge in [0, 0.05) is 7.05 Å². The molecule has 2 heterocycles. The number of nitrogens with one attached hydrogen (secondary N) is 1. The third-order valence-corrected chi connectivity index (χ3v) is 1.74. The molecule has 1 aliphatic heterocycles. The lowest BCUT2D eigenvalue weighted by Crippen LogP contribution is -2.36. The van der Waals surface area contributed by atoms with E-state index in [9.17, 15) is 0 Å². The highest BCUT2D eigenvalue weighted by Gasteiger charge is 2.19. The Balaban J connectivity index is 2.55. The Morgan fingerprint density at radius 3 is 3.17 bits per heavy atom. The topological polar surface area (TPSA) is 94.2 Å². The summed E-state index contributed by atoms with van der Waals surface area (Å²) in [5.41, 5.74) is 11.8. The summed E-state index contributed by atoms with van der Waals surface area (Å²) in [4.78, 5) is 7.98. The smallest absolute Gasteiger partial charge is 0.174 e. The Morgan fingerprint density at radius 2 is 2.42 bits per heavy atom. The molecule has 1 aliphatic rings. The minimum atomic E-state index is -0.465. The molecule has 1 unspecified atom stereocenters. The zero-order valence-electron chi connectivity index (χ0n) is 6.65. The number of nitrogens with two attached hydrogens (primary N) is 2. The second-order valence-electron chi connectivity index (χ2n) is 2.66. The normalized spacial score (nSPS) is 21.2. The molecule has 0 saturated heterocycles. The number of hydrogen-bond acceptors (Lipinski definition) is 5. The first-order chi connectivity index (χ1) is 5.68. The molecule has 0 fully saturated rings. The Kier molecular flexibility index (Phi) is 1.31. The second-order valence-corrected chi connectivity index (χ2v) is 2.66. The van der Waals surface area contributed by atoms with Crippen LogP contribution in [0.5, 0.6) is 0 Å². The molecule has 0 amide bonds. The SMILES string of the molecule is Cn1cnc2c1NC(N)N=C2N. The van der Waals surface area contributed by atoms with E-state index in [0.717, 1.165) is 5.82 Å². The van der Waals surface area contributed by atoms with Gasteiger partial charge in [-0.3, -0.25) is 5.73 Å². The predicted molar refractivity (Wildman–Crippen MR) is 45.5 cm³/mol. The molecule has 64 valence electrons. The maximum absolute atomic E-state index is 5.60. The van der Waals surface area contributed by atoms with Gasteiger partial charge in [0.2, 0.25) is 0 Å². The van der Waals surface area contributed by atoms with Crippen molar-refractivity contribution in [2.45, 2.75) is 6.29 Å². The maximum atomic E-state index is 5.60. The van der Waals surface area contributed by atoms with Gasteiger partial charge in [-0.15, -0.1) is 0 Å². The van der Waals surface area contributed by atoms with E-state index >= 15 is 0 Å². The molecule has 0 spiro atoms. The van der Waals surface area contributed by atoms with E-state index in [1.54, 1.807) is 6.33 Å². The van der Waals surface area contributed by atoms with Gasteiger partial charge < -0.3 is 15.6 Å². The standard InChI is InChI=1S/C6H10N6/c1-12-2-9-3-4(7)10-6(8)11-5(3)12/h2,6,11H,8H2,1H3,(H2,7,10). The molecule has 2 rings (SSSR count). The summed E-state index contributed by atoms with van der Waals surface area (Å²) in [6.45, 7) is 0. The lowest BCUT2D eigenvalue weighted by Gasteiger charge is -2.17. The monoisotopic (exact) mass is 166 g/mol. The lowest BCUT2D eigenvalue weighted by molar-refractivity contribution is 0.772. The summed E-state index contributed by atoms with van der Waals surface area (Å²) in [6.07, 6.45) is 1.20. The van der Waals surface area contributed by atoms with Crippen LogP contribution < -0.4 is 16.8 Å². The first kappa shape index (κ1) is 7.11. The van der Waals surface area contributed by atoms with Crippen molar-refractivity contribution < 1.29 is 0 Å². The molecular formula is C6H10N6. The fraction of sp³-hybridized carbons (Fsp3) is 0.333. The number of nitrogens with zero attached hydrogens (tertiary/aromatic N) is 3. The van der Waals surface area contributed by atoms with Crippen molar-refractivity contribution in [3.05, 3.63) is 12.0 Å². The van der Waals surface area contributed by atoms with Crippen LogP contribution in [0.2, 0.25) is 0 Å². The van der Waals surface area contributed by atoms with Gasteiger partial charge >= 0.3 is 0 Å². The molecule has 5 N–H and O–H groups in total. The highest BCUT2D eigenvalue weighted by molar-refractivity contribution is 6.01. The number of aliphatic imine (C=N–C) groups is 1. The van der Waals surface area contributed by atoms with Crippen molar-refractivity contribution in [2.75, 3.05) is 5.32 Å². The van der Waals surface area contributed by atoms with E-state index in [-0.39, 0.29) is 0 Å². The zero-order valence-corrected chi connectivity index (χ0v) is 6.65. The van der Waals surface area contributed by atoms with E-state index in [1.807, 2.05) is 11.6 Å². The van der Waals surface area contributed by atoms with Crippen LogP contribution >= 0.6 is 0 Å². The van der Waals surface area contributed by atoms with Crippen molar-refractivity contribution in [3.8, 4) is 0 Å². The quantitative estimate of drug-likeness (QED) is 0.451. The highest BCUT2D eigenvalue weighted by Crippen LogP contribution is 2.16. The summed E-state index contributed by atoms with van der Waals surface area (Å²) in [6, 6.07) is 0. The number of imidazole rings is 1. The van der Waals surface area contributed by atoms with E-state index in [1.165, 1.54) is 0 Å². The first-order valence-corrected chi connectivity index (χ1v) is 3.55. The Morgan fingerprint density at radius 1 is 1.67 bits per heavy atom. The van der Waals surface area contributed by atoms with Crippen LogP contribution in [0.15, 0.2) is 11.3 Å². The third kappa shape index (κ3) is 0.850. The average Bonchev–Trinajstić information content (AvgIpc) is 2.33. The van der Waals surface area contributed by atoms with E-state index in [0.29, 0.717) is 11.5 Å². The molecule has 1 aromatic heterocycles. The van der Waals surface area contributed by atoms with Crippen molar-refractivity contribution >= 4 is 11.7 Å². The van der Waals surface area contributed by atoms with Crippen molar-refractivity contribution in [3.63, 3.8) is 0 Å². The van der Waals surface area contributed by atoms with Gasteiger partial charge in [0.25, 0.3) is 0 Å². The Bertz CT molecular complexity index is 338. The van der Waals surface area contributed by atoms with Crippen LogP contribution in [-0.4, -0.2) is 21.7 Å². The van der Waals surface area contributed by atoms with Gasteiger partial charge in [-0.05, 0) is 0 Å². The maximum Gasteiger partial charge on any atom is 0.174 e. The van der Waals surface area contributed by atoms with Crippen molar-refractivity contribution in [1.82, 2.24) is 9.55 Å². The fourth-order valence-corrected chi connectivity index (χ4v) is 1.17. The minimum Gasteiger partial charge on any atom is -0.382 e. The molecule has 12 heavy (non-hydrogen) atoms. The number of fused-ring (bicyclic) bond motifs is 1. The van der Waals surface area contributed by atoms with Gasteiger partial charge in [-0.1, -0.05) is 0 Å². The number of rotatable bonds is 0. The summed E-state index contributed by atoms with van der Waals surface area (Å²) < 4.78 is 1.82. The van der Waals surface area contributed by atoms with Crippen molar-refractivity contribution in [2.24, 2.45) is 23.5 Å². The number of hydrogen-bond donors (Lipinski definition) is 3. The van der Waals surface area contributed by atoms with E-state index in [2.05, 4.69) is 15.3 Å². The molecule has 6 heteroatoms. The van der Waals surface area contributed by atoms with Gasteiger partial charge in [0.05, 0.1) is 6.33 Å². The summed E-state index contributed by atoms with van der Waals surface area (Å²) in [5, 5.41) is 2.95. The minimum absolute atomic E-state index is 0.386. The number of amidine groups is 1. The Hall–Kier alpha value is -1.56. The predicted octanol–water partition coefficient (Wildman–Crippen LogP) is -1.21. The molecule has 0 bridgehead atoms. The second kappa shape index (κ2) is 2.21. The largest absolute Gasteiger partial charge is 0.382 e. The molecular weight excluding hydrogens is 156 g/mol. The number of aryl methyl sites for hydroxylation is 1. The van der Waals surface area contributed by atoms with Crippen LogP contribution in [-0.2, 0) is 7.05 Å². The van der Waals surface area contributed by atoms with Gasteiger partial charge in [0.1, 0.15) is 11.5 Å². The number of aromatic nitrogens is 2. The fourth-order valence-electron chi connectivity index (χ4n) is 1.17. The van der Waals surface area contributed by atoms with E-state index in [4.69, 9.17) is 11.5 Å². The average molecular weight is 166 g/mol. The van der Waals surface area contributed by atoms with Gasteiger partial charge in [-0.25, -0.2) is 9.98 Å². The third-order valence-electron chi connectivity index (χ3n) is 1.74. The van der Waals surface area contributed by atoms with Crippen LogP contribution in [0.1, 0.15) is 5.69 Å². The van der Waals surface area contributed by atoms with Crippen LogP contribution in [0.4, 0.5) is 5.82 Å². The van der Waals surface area contributed by atoms with E-state index < -0.39 is 6.29 Å². The highest BCUT2D eigenvalue weighted by atomic mass is 15.3. The van der Waals surface area contributed by atoms with Gasteiger partial charge in [0.15, 0.2) is 12.1 Å². The Labute approximate surface area is 69.3 Å². The van der Waals surface area contributed by atoms with Crippen molar-refractivity contribution in [1.29, 1.82) is 0 Å².